The highest BCUT2D eigenvalue weighted by molar-refractivity contribution is 7.80. The topological polar surface area (TPSA) is 67.6 Å². The van der Waals surface area contributed by atoms with Crippen LogP contribution in [0.2, 0.25) is 0 Å². The van der Waals surface area contributed by atoms with E-state index in [1.807, 2.05) is 48.7 Å². The van der Waals surface area contributed by atoms with Gasteiger partial charge in [0.2, 0.25) is 0 Å². The zero-order valence-electron chi connectivity index (χ0n) is 14.4. The summed E-state index contributed by atoms with van der Waals surface area (Å²) in [6.45, 7) is 2.12. The molecule has 0 amide bonds. The van der Waals surface area contributed by atoms with Crippen molar-refractivity contribution >= 4 is 23.3 Å². The predicted octanol–water partition coefficient (Wildman–Crippen LogP) is 4.29. The lowest BCUT2D eigenvalue weighted by Gasteiger charge is -2.02. The maximum Gasteiger partial charge on any atom is 0.114 e. The SMILES string of the molecule is CCc1ccc(-c2nn(-c3ccccc3)cc2C=C(C#N)C(N)=S)cc1. The van der Waals surface area contributed by atoms with E-state index in [1.54, 1.807) is 10.8 Å². The molecule has 2 aromatic carbocycles. The van der Waals surface area contributed by atoms with Crippen LogP contribution in [0.4, 0.5) is 0 Å². The average molecular weight is 358 g/mol. The molecule has 3 rings (SSSR count). The molecule has 0 bridgehead atoms. The van der Waals surface area contributed by atoms with Crippen molar-refractivity contribution in [2.45, 2.75) is 13.3 Å². The third-order valence-corrected chi connectivity index (χ3v) is 4.30. The number of hydrogen-bond donors (Lipinski definition) is 1. The summed E-state index contributed by atoms with van der Waals surface area (Å²) in [7, 11) is 0. The molecule has 5 heteroatoms. The standard InChI is InChI=1S/C21H18N4S/c1-2-15-8-10-16(11-9-15)20-18(12-17(13-22)21(23)26)14-25(24-20)19-6-4-3-5-7-19/h3-12,14H,2H2,1H3,(H2,23,26). The Bertz CT molecular complexity index is 993. The van der Waals surface area contributed by atoms with Crippen LogP contribution in [0.3, 0.4) is 0 Å². The first kappa shape index (κ1) is 17.6. The van der Waals surface area contributed by atoms with Crippen molar-refractivity contribution in [3.05, 3.63) is 77.5 Å². The molecule has 0 saturated carbocycles. The fourth-order valence-electron chi connectivity index (χ4n) is 2.64. The van der Waals surface area contributed by atoms with Crippen molar-refractivity contribution in [3.8, 4) is 23.0 Å². The number of hydrogen-bond acceptors (Lipinski definition) is 3. The van der Waals surface area contributed by atoms with Gasteiger partial charge in [-0.25, -0.2) is 4.68 Å². The van der Waals surface area contributed by atoms with Crippen LogP contribution >= 0.6 is 12.2 Å². The number of nitriles is 1. The van der Waals surface area contributed by atoms with E-state index >= 15 is 0 Å². The molecule has 1 heterocycles. The molecule has 0 atom stereocenters. The molecule has 26 heavy (non-hydrogen) atoms. The van der Waals surface area contributed by atoms with E-state index in [9.17, 15) is 5.26 Å². The van der Waals surface area contributed by atoms with Gasteiger partial charge in [0.05, 0.1) is 17.0 Å². The molecule has 0 aliphatic carbocycles. The summed E-state index contributed by atoms with van der Waals surface area (Å²) in [5.74, 6) is 0. The molecule has 4 nitrogen and oxygen atoms in total. The Hall–Kier alpha value is -3.23. The van der Waals surface area contributed by atoms with Crippen molar-refractivity contribution in [3.63, 3.8) is 0 Å². The molecule has 1 aromatic heterocycles. The Balaban J connectivity index is 2.15. The minimum Gasteiger partial charge on any atom is -0.389 e. The Morgan fingerprint density at radius 2 is 1.88 bits per heavy atom. The van der Waals surface area contributed by atoms with Crippen LogP contribution in [0.5, 0.6) is 0 Å². The van der Waals surface area contributed by atoms with Crippen molar-refractivity contribution in [2.75, 3.05) is 0 Å². The predicted molar refractivity (Wildman–Crippen MR) is 109 cm³/mol. The monoisotopic (exact) mass is 358 g/mol. The molecule has 128 valence electrons. The molecule has 0 aliphatic rings. The highest BCUT2D eigenvalue weighted by Gasteiger charge is 2.12. The largest absolute Gasteiger partial charge is 0.389 e. The van der Waals surface area contributed by atoms with Gasteiger partial charge in [0.25, 0.3) is 0 Å². The van der Waals surface area contributed by atoms with Crippen molar-refractivity contribution < 1.29 is 0 Å². The zero-order chi connectivity index (χ0) is 18.5. The Labute approximate surface area is 158 Å². The fourth-order valence-corrected chi connectivity index (χ4v) is 2.75. The summed E-state index contributed by atoms with van der Waals surface area (Å²) in [4.78, 5) is 0.0762. The van der Waals surface area contributed by atoms with E-state index in [0.717, 1.165) is 28.9 Å². The minimum atomic E-state index is 0.0762. The molecule has 0 radical (unpaired) electrons. The number of nitrogens with zero attached hydrogens (tertiary/aromatic N) is 3. The van der Waals surface area contributed by atoms with Gasteiger partial charge in [-0.05, 0) is 30.2 Å². The Morgan fingerprint density at radius 1 is 1.19 bits per heavy atom. The van der Waals surface area contributed by atoms with Crippen LogP contribution in [0.1, 0.15) is 18.1 Å². The highest BCUT2D eigenvalue weighted by atomic mass is 32.1. The number of aromatic nitrogens is 2. The zero-order valence-corrected chi connectivity index (χ0v) is 15.2. The maximum absolute atomic E-state index is 9.30. The van der Waals surface area contributed by atoms with E-state index in [4.69, 9.17) is 23.1 Å². The van der Waals surface area contributed by atoms with Gasteiger partial charge >= 0.3 is 0 Å². The summed E-state index contributed by atoms with van der Waals surface area (Å²) < 4.78 is 1.80. The van der Waals surface area contributed by atoms with E-state index in [2.05, 4.69) is 25.1 Å². The van der Waals surface area contributed by atoms with Crippen molar-refractivity contribution in [2.24, 2.45) is 5.73 Å². The average Bonchev–Trinajstić information content (AvgIpc) is 3.10. The van der Waals surface area contributed by atoms with Gasteiger partial charge in [-0.1, -0.05) is 61.6 Å². The number of benzene rings is 2. The maximum atomic E-state index is 9.30. The molecular weight excluding hydrogens is 340 g/mol. The number of thiocarbonyl (C=S) groups is 1. The van der Waals surface area contributed by atoms with Gasteiger partial charge in [0, 0.05) is 17.3 Å². The van der Waals surface area contributed by atoms with E-state index in [0.29, 0.717) is 0 Å². The number of rotatable bonds is 5. The van der Waals surface area contributed by atoms with Crippen LogP contribution in [-0.2, 0) is 6.42 Å². The number of nitrogens with two attached hydrogens (primary N) is 1. The van der Waals surface area contributed by atoms with Gasteiger partial charge in [0.15, 0.2) is 0 Å². The smallest absolute Gasteiger partial charge is 0.114 e. The Morgan fingerprint density at radius 3 is 2.46 bits per heavy atom. The van der Waals surface area contributed by atoms with Gasteiger partial charge in [-0.15, -0.1) is 0 Å². The molecule has 0 aliphatic heterocycles. The molecule has 0 fully saturated rings. The van der Waals surface area contributed by atoms with Crippen LogP contribution in [0, 0.1) is 11.3 Å². The number of aryl methyl sites for hydroxylation is 1. The fraction of sp³-hybridized carbons (Fsp3) is 0.0952. The lowest BCUT2D eigenvalue weighted by molar-refractivity contribution is 0.884. The summed E-state index contributed by atoms with van der Waals surface area (Å²) in [6, 6.07) is 20.1. The summed E-state index contributed by atoms with van der Waals surface area (Å²) in [5.41, 5.74) is 10.7. The second-order valence-corrected chi connectivity index (χ2v) is 6.24. The number of para-hydroxylation sites is 1. The minimum absolute atomic E-state index is 0.0762. The van der Waals surface area contributed by atoms with E-state index in [1.165, 1.54) is 5.56 Å². The second kappa shape index (κ2) is 7.77. The van der Waals surface area contributed by atoms with Crippen LogP contribution in [-0.4, -0.2) is 14.8 Å². The summed E-state index contributed by atoms with van der Waals surface area (Å²) in [5, 5.41) is 14.0. The lowest BCUT2D eigenvalue weighted by Crippen LogP contribution is -2.09. The molecule has 3 aromatic rings. The van der Waals surface area contributed by atoms with Crippen LogP contribution < -0.4 is 5.73 Å². The van der Waals surface area contributed by atoms with Gasteiger partial charge in [-0.2, -0.15) is 10.4 Å². The highest BCUT2D eigenvalue weighted by Crippen LogP contribution is 2.26. The lowest BCUT2D eigenvalue weighted by atomic mass is 10.0. The first-order valence-electron chi connectivity index (χ1n) is 8.28. The van der Waals surface area contributed by atoms with Gasteiger partial charge in [0.1, 0.15) is 11.1 Å². The molecular formula is C21H18N4S. The first-order valence-corrected chi connectivity index (χ1v) is 8.69. The van der Waals surface area contributed by atoms with Crippen molar-refractivity contribution in [1.82, 2.24) is 9.78 Å². The van der Waals surface area contributed by atoms with E-state index in [-0.39, 0.29) is 10.6 Å². The van der Waals surface area contributed by atoms with Gasteiger partial charge < -0.3 is 5.73 Å². The third kappa shape index (κ3) is 3.71. The normalized spacial score (nSPS) is 11.2. The Kier molecular flexibility index (Phi) is 5.26. The van der Waals surface area contributed by atoms with Gasteiger partial charge in [-0.3, -0.25) is 0 Å². The molecule has 0 saturated heterocycles. The quantitative estimate of drug-likeness (QED) is 0.420. The first-order chi connectivity index (χ1) is 12.6. The molecule has 0 unspecified atom stereocenters. The van der Waals surface area contributed by atoms with Crippen molar-refractivity contribution in [1.29, 1.82) is 5.26 Å². The van der Waals surface area contributed by atoms with Crippen LogP contribution in [0.25, 0.3) is 23.0 Å². The second-order valence-electron chi connectivity index (χ2n) is 5.80. The molecule has 2 N–H and O–H groups in total. The molecule has 0 spiro atoms. The third-order valence-electron chi connectivity index (χ3n) is 4.08. The summed E-state index contributed by atoms with van der Waals surface area (Å²) in [6.07, 6.45) is 4.55. The summed E-state index contributed by atoms with van der Waals surface area (Å²) >= 11 is 4.97. The van der Waals surface area contributed by atoms with Crippen LogP contribution in [0.15, 0.2) is 66.4 Å². The van der Waals surface area contributed by atoms with E-state index < -0.39 is 0 Å².